The van der Waals surface area contributed by atoms with E-state index >= 15 is 0 Å². The summed E-state index contributed by atoms with van der Waals surface area (Å²) >= 11 is 0. The summed E-state index contributed by atoms with van der Waals surface area (Å²) in [4.78, 5) is 7.34. The van der Waals surface area contributed by atoms with E-state index in [4.69, 9.17) is 4.99 Å². The largest absolute Gasteiger partial charge is 0.357 e. The number of halogens is 1. The standard InChI is InChI=1S/C19H36N6.HI/c1-7-20-18(21-11-17-8-9-23-24(17)6)22-14-19(4,5)25-12-15(2)10-16(3)13-25;/h8-9,15-16H,7,10-14H2,1-6H3,(H2,20,21,22);1H. The van der Waals surface area contributed by atoms with E-state index in [2.05, 4.69) is 55.3 Å². The summed E-state index contributed by atoms with van der Waals surface area (Å²) in [6.45, 7) is 16.2. The average molecular weight is 476 g/mol. The first-order valence-corrected chi connectivity index (χ1v) is 9.56. The van der Waals surface area contributed by atoms with Crippen LogP contribution in [0.2, 0.25) is 0 Å². The molecule has 0 saturated carbocycles. The van der Waals surface area contributed by atoms with Gasteiger partial charge in [0.25, 0.3) is 0 Å². The molecule has 0 amide bonds. The van der Waals surface area contributed by atoms with Gasteiger partial charge in [0, 0.05) is 45.0 Å². The molecule has 0 radical (unpaired) electrons. The first-order chi connectivity index (χ1) is 11.8. The molecule has 1 aliphatic heterocycles. The Bertz CT molecular complexity index is 558. The second-order valence-electron chi connectivity index (χ2n) is 8.16. The lowest BCUT2D eigenvalue weighted by Crippen LogP contribution is -2.57. The third-order valence-corrected chi connectivity index (χ3v) is 5.08. The van der Waals surface area contributed by atoms with Crippen LogP contribution in [0, 0.1) is 11.8 Å². The number of piperidine rings is 1. The van der Waals surface area contributed by atoms with Gasteiger partial charge in [-0.3, -0.25) is 9.58 Å². The maximum absolute atomic E-state index is 4.71. The van der Waals surface area contributed by atoms with Crippen molar-refractivity contribution < 1.29 is 0 Å². The number of guanidine groups is 1. The molecule has 6 nitrogen and oxygen atoms in total. The number of aromatic nitrogens is 2. The number of aliphatic imine (C=N–C) groups is 1. The second kappa shape index (κ2) is 10.5. The summed E-state index contributed by atoms with van der Waals surface area (Å²) < 4.78 is 1.87. The Hall–Kier alpha value is -0.830. The van der Waals surface area contributed by atoms with Gasteiger partial charge in [0.05, 0.1) is 12.2 Å². The molecule has 0 aromatic carbocycles. The van der Waals surface area contributed by atoms with Crippen molar-refractivity contribution in [3.63, 3.8) is 0 Å². The highest BCUT2D eigenvalue weighted by Gasteiger charge is 2.32. The Kier molecular flexibility index (Phi) is 9.36. The van der Waals surface area contributed by atoms with Crippen LogP contribution in [0.4, 0.5) is 0 Å². The average Bonchev–Trinajstić information content (AvgIpc) is 2.94. The van der Waals surface area contributed by atoms with Gasteiger partial charge in [-0.05, 0) is 45.1 Å². The van der Waals surface area contributed by atoms with Crippen molar-refractivity contribution in [3.05, 3.63) is 18.0 Å². The molecular weight excluding hydrogens is 439 g/mol. The topological polar surface area (TPSA) is 57.5 Å². The molecule has 1 fully saturated rings. The van der Waals surface area contributed by atoms with Gasteiger partial charge in [-0.2, -0.15) is 5.10 Å². The number of nitrogens with one attached hydrogen (secondary N) is 2. The Morgan fingerprint density at radius 2 is 1.92 bits per heavy atom. The number of rotatable bonds is 6. The van der Waals surface area contributed by atoms with Crippen LogP contribution in [-0.2, 0) is 13.6 Å². The lowest BCUT2D eigenvalue weighted by Gasteiger charge is -2.45. The highest BCUT2D eigenvalue weighted by atomic mass is 127. The van der Waals surface area contributed by atoms with E-state index in [1.54, 1.807) is 0 Å². The van der Waals surface area contributed by atoms with Gasteiger partial charge in [-0.1, -0.05) is 13.8 Å². The van der Waals surface area contributed by atoms with Crippen molar-refractivity contribution in [1.82, 2.24) is 25.3 Å². The molecule has 2 rings (SSSR count). The quantitative estimate of drug-likeness (QED) is 0.377. The van der Waals surface area contributed by atoms with Crippen molar-refractivity contribution in [2.75, 3.05) is 26.2 Å². The van der Waals surface area contributed by atoms with Gasteiger partial charge in [-0.15, -0.1) is 24.0 Å². The monoisotopic (exact) mass is 476 g/mol. The van der Waals surface area contributed by atoms with Crippen molar-refractivity contribution in [2.24, 2.45) is 23.9 Å². The summed E-state index contributed by atoms with van der Waals surface area (Å²) in [5.41, 5.74) is 1.21. The molecule has 1 aromatic rings. The van der Waals surface area contributed by atoms with Crippen LogP contribution in [-0.4, -0.2) is 52.4 Å². The van der Waals surface area contributed by atoms with Crippen LogP contribution in [0.15, 0.2) is 17.3 Å². The SMILES string of the molecule is CCNC(=NCc1ccnn1C)NCC(C)(C)N1CC(C)CC(C)C1.I. The van der Waals surface area contributed by atoms with Gasteiger partial charge < -0.3 is 10.6 Å². The summed E-state index contributed by atoms with van der Waals surface area (Å²) in [5, 5.41) is 11.1. The first-order valence-electron chi connectivity index (χ1n) is 9.56. The Labute approximate surface area is 176 Å². The summed E-state index contributed by atoms with van der Waals surface area (Å²) in [7, 11) is 1.95. The number of aryl methyl sites for hydroxylation is 1. The Balaban J connectivity index is 0.00000338. The number of likely N-dealkylation sites (tertiary alicyclic amines) is 1. The molecule has 0 bridgehead atoms. The normalized spacial score (nSPS) is 22.0. The zero-order chi connectivity index (χ0) is 18.4. The number of hydrogen-bond donors (Lipinski definition) is 2. The fourth-order valence-corrected chi connectivity index (χ4v) is 3.63. The van der Waals surface area contributed by atoms with E-state index in [0.717, 1.165) is 36.6 Å². The van der Waals surface area contributed by atoms with Gasteiger partial charge in [0.15, 0.2) is 5.96 Å². The van der Waals surface area contributed by atoms with Crippen LogP contribution in [0.25, 0.3) is 0 Å². The lowest BCUT2D eigenvalue weighted by atomic mass is 9.88. The molecule has 1 aliphatic rings. The van der Waals surface area contributed by atoms with E-state index in [1.165, 1.54) is 19.5 Å². The highest BCUT2D eigenvalue weighted by Crippen LogP contribution is 2.26. The predicted octanol–water partition coefficient (Wildman–Crippen LogP) is 2.85. The van der Waals surface area contributed by atoms with E-state index in [0.29, 0.717) is 6.54 Å². The first kappa shape index (κ1) is 23.2. The third-order valence-electron chi connectivity index (χ3n) is 5.08. The second-order valence-corrected chi connectivity index (χ2v) is 8.16. The van der Waals surface area contributed by atoms with E-state index in [1.807, 2.05) is 24.0 Å². The van der Waals surface area contributed by atoms with Crippen molar-refractivity contribution in [3.8, 4) is 0 Å². The number of hydrogen-bond acceptors (Lipinski definition) is 3. The molecule has 0 spiro atoms. The van der Waals surface area contributed by atoms with E-state index in [9.17, 15) is 0 Å². The minimum Gasteiger partial charge on any atom is -0.357 e. The van der Waals surface area contributed by atoms with Crippen LogP contribution in [0.3, 0.4) is 0 Å². The zero-order valence-electron chi connectivity index (χ0n) is 17.2. The van der Waals surface area contributed by atoms with E-state index < -0.39 is 0 Å². The summed E-state index contributed by atoms with van der Waals surface area (Å²) in [5.74, 6) is 2.42. The fraction of sp³-hybridized carbons (Fsp3) is 0.789. The molecule has 0 aliphatic carbocycles. The van der Waals surface area contributed by atoms with Crippen molar-refractivity contribution in [1.29, 1.82) is 0 Å². The van der Waals surface area contributed by atoms with Crippen LogP contribution < -0.4 is 10.6 Å². The minimum absolute atomic E-state index is 0. The lowest BCUT2D eigenvalue weighted by molar-refractivity contribution is 0.0483. The highest BCUT2D eigenvalue weighted by molar-refractivity contribution is 14.0. The van der Waals surface area contributed by atoms with Gasteiger partial charge in [0.2, 0.25) is 0 Å². The molecule has 1 saturated heterocycles. The molecule has 150 valence electrons. The molecular formula is C19H37IN6. The predicted molar refractivity (Wildman–Crippen MR) is 120 cm³/mol. The van der Waals surface area contributed by atoms with Gasteiger partial charge >= 0.3 is 0 Å². The Morgan fingerprint density at radius 3 is 2.46 bits per heavy atom. The van der Waals surface area contributed by atoms with Crippen LogP contribution in [0.1, 0.15) is 46.7 Å². The molecule has 2 N–H and O–H groups in total. The van der Waals surface area contributed by atoms with Gasteiger partial charge in [0.1, 0.15) is 0 Å². The van der Waals surface area contributed by atoms with Crippen molar-refractivity contribution >= 4 is 29.9 Å². The smallest absolute Gasteiger partial charge is 0.191 e. The van der Waals surface area contributed by atoms with Crippen LogP contribution in [0.5, 0.6) is 0 Å². The molecule has 2 heterocycles. The Morgan fingerprint density at radius 1 is 1.27 bits per heavy atom. The molecule has 2 atom stereocenters. The molecule has 26 heavy (non-hydrogen) atoms. The molecule has 1 aromatic heterocycles. The van der Waals surface area contributed by atoms with Crippen LogP contribution >= 0.6 is 24.0 Å². The minimum atomic E-state index is 0. The van der Waals surface area contributed by atoms with Gasteiger partial charge in [-0.25, -0.2) is 4.99 Å². The maximum atomic E-state index is 4.71. The fourth-order valence-electron chi connectivity index (χ4n) is 3.63. The zero-order valence-corrected chi connectivity index (χ0v) is 19.6. The van der Waals surface area contributed by atoms with E-state index in [-0.39, 0.29) is 29.5 Å². The third kappa shape index (κ3) is 6.72. The summed E-state index contributed by atoms with van der Waals surface area (Å²) in [6, 6.07) is 2.01. The number of nitrogens with zero attached hydrogens (tertiary/aromatic N) is 4. The molecule has 7 heteroatoms. The summed E-state index contributed by atoms with van der Waals surface area (Å²) in [6.07, 6.45) is 3.15. The molecule has 2 unspecified atom stereocenters. The maximum Gasteiger partial charge on any atom is 0.191 e. The van der Waals surface area contributed by atoms with Crippen molar-refractivity contribution in [2.45, 2.75) is 53.1 Å².